The Morgan fingerprint density at radius 1 is 1.08 bits per heavy atom. The van der Waals surface area contributed by atoms with Gasteiger partial charge in [-0.05, 0) is 29.8 Å². The van der Waals surface area contributed by atoms with E-state index in [9.17, 15) is 9.59 Å². The average Bonchev–Trinajstić information content (AvgIpc) is 2.68. The largest absolute Gasteiger partial charge is 0.493 e. The normalized spacial score (nSPS) is 10.5. The van der Waals surface area contributed by atoms with Crippen LogP contribution in [0.25, 0.3) is 10.9 Å². The van der Waals surface area contributed by atoms with Crippen molar-refractivity contribution in [2.45, 2.75) is 13.2 Å². The number of hydrogen-bond donors (Lipinski definition) is 0. The predicted octanol–water partition coefficient (Wildman–Crippen LogP) is 2.16. The van der Waals surface area contributed by atoms with E-state index >= 15 is 0 Å². The molecule has 0 aliphatic heterocycles. The summed E-state index contributed by atoms with van der Waals surface area (Å²) in [6, 6.07) is 12.2. The van der Waals surface area contributed by atoms with Gasteiger partial charge in [0, 0.05) is 0 Å². The lowest BCUT2D eigenvalue weighted by molar-refractivity contribution is -0.145. The number of ether oxygens (including phenoxy) is 3. The van der Waals surface area contributed by atoms with Gasteiger partial charge in [0.1, 0.15) is 13.2 Å². The molecule has 7 heteroatoms. The van der Waals surface area contributed by atoms with Crippen LogP contribution in [-0.2, 0) is 22.7 Å². The minimum absolute atomic E-state index is 0.0644. The van der Waals surface area contributed by atoms with Crippen molar-refractivity contribution in [1.29, 1.82) is 0 Å². The second-order valence-electron chi connectivity index (χ2n) is 5.54. The first kappa shape index (κ1) is 17.5. The molecular weight excluding hydrogens is 336 g/mol. The summed E-state index contributed by atoms with van der Waals surface area (Å²) in [5, 5.41) is 0.461. The summed E-state index contributed by atoms with van der Waals surface area (Å²) in [5.41, 5.74) is 1.06. The maximum absolute atomic E-state index is 12.4. The Hall–Kier alpha value is -3.35. The van der Waals surface area contributed by atoms with Crippen LogP contribution in [0.2, 0.25) is 0 Å². The summed E-state index contributed by atoms with van der Waals surface area (Å²) in [4.78, 5) is 28.6. The second-order valence-corrected chi connectivity index (χ2v) is 5.54. The van der Waals surface area contributed by atoms with Crippen molar-refractivity contribution in [2.24, 2.45) is 0 Å². The third kappa shape index (κ3) is 3.66. The molecule has 2 aromatic carbocycles. The third-order valence-electron chi connectivity index (χ3n) is 3.88. The van der Waals surface area contributed by atoms with Crippen LogP contribution >= 0.6 is 0 Å². The number of fused-ring (bicyclic) bond motifs is 1. The lowest BCUT2D eigenvalue weighted by Gasteiger charge is -2.10. The summed E-state index contributed by atoms with van der Waals surface area (Å²) in [6.07, 6.45) is 1.35. The van der Waals surface area contributed by atoms with Gasteiger partial charge in [-0.15, -0.1) is 0 Å². The van der Waals surface area contributed by atoms with E-state index in [1.807, 2.05) is 0 Å². The van der Waals surface area contributed by atoms with Gasteiger partial charge in [-0.25, -0.2) is 4.98 Å². The molecule has 0 unspecified atom stereocenters. The van der Waals surface area contributed by atoms with Crippen molar-refractivity contribution >= 4 is 16.9 Å². The monoisotopic (exact) mass is 354 g/mol. The lowest BCUT2D eigenvalue weighted by Crippen LogP contribution is -2.25. The average molecular weight is 354 g/mol. The molecule has 134 valence electrons. The SMILES string of the molecule is COc1ccc(COC(=O)Cn2cnc3ccccc3c2=O)cc1OC. The highest BCUT2D eigenvalue weighted by Crippen LogP contribution is 2.27. The Balaban J connectivity index is 1.68. The van der Waals surface area contributed by atoms with Crippen LogP contribution in [0.5, 0.6) is 11.5 Å². The molecule has 0 saturated carbocycles. The van der Waals surface area contributed by atoms with Gasteiger partial charge in [0.2, 0.25) is 0 Å². The summed E-state index contributed by atoms with van der Waals surface area (Å²) in [6.45, 7) is -0.140. The smallest absolute Gasteiger partial charge is 0.326 e. The van der Waals surface area contributed by atoms with E-state index in [1.54, 1.807) is 49.6 Å². The van der Waals surface area contributed by atoms with Crippen molar-refractivity contribution < 1.29 is 19.0 Å². The fraction of sp³-hybridized carbons (Fsp3) is 0.211. The summed E-state index contributed by atoms with van der Waals surface area (Å²) in [5.74, 6) is 0.617. The molecule has 0 radical (unpaired) electrons. The van der Waals surface area contributed by atoms with Crippen LogP contribution in [0.3, 0.4) is 0 Å². The van der Waals surface area contributed by atoms with Crippen LogP contribution in [0.15, 0.2) is 53.6 Å². The van der Waals surface area contributed by atoms with Crippen LogP contribution in [0, 0.1) is 0 Å². The molecule has 3 rings (SSSR count). The zero-order chi connectivity index (χ0) is 18.5. The number of rotatable bonds is 6. The van der Waals surface area contributed by atoms with Crippen molar-refractivity contribution in [3.05, 3.63) is 64.7 Å². The Bertz CT molecular complexity index is 997. The zero-order valence-corrected chi connectivity index (χ0v) is 14.5. The fourth-order valence-electron chi connectivity index (χ4n) is 2.54. The summed E-state index contributed by atoms with van der Waals surface area (Å²) >= 11 is 0. The molecule has 3 aromatic rings. The second kappa shape index (κ2) is 7.69. The number of methoxy groups -OCH3 is 2. The molecule has 1 heterocycles. The maximum atomic E-state index is 12.4. The van der Waals surface area contributed by atoms with Crippen molar-refractivity contribution in [3.63, 3.8) is 0 Å². The quantitative estimate of drug-likeness (QED) is 0.631. The number of carbonyl (C=O) groups is 1. The topological polar surface area (TPSA) is 79.7 Å². The molecule has 0 aliphatic rings. The third-order valence-corrected chi connectivity index (χ3v) is 3.88. The molecule has 0 spiro atoms. The van der Waals surface area contributed by atoms with Gasteiger partial charge in [-0.1, -0.05) is 18.2 Å². The van der Waals surface area contributed by atoms with Gasteiger partial charge in [0.15, 0.2) is 11.5 Å². The van der Waals surface area contributed by atoms with Gasteiger partial charge < -0.3 is 14.2 Å². The minimum atomic E-state index is -0.529. The fourth-order valence-corrected chi connectivity index (χ4v) is 2.54. The van der Waals surface area contributed by atoms with E-state index < -0.39 is 5.97 Å². The van der Waals surface area contributed by atoms with Crippen LogP contribution in [0.4, 0.5) is 0 Å². The standard InChI is InChI=1S/C19H18N2O5/c1-24-16-8-7-13(9-17(16)25-2)11-26-18(22)10-21-12-20-15-6-4-3-5-14(15)19(21)23/h3-9,12H,10-11H2,1-2H3. The molecule has 1 aromatic heterocycles. The van der Waals surface area contributed by atoms with E-state index in [-0.39, 0.29) is 18.7 Å². The molecular formula is C19H18N2O5. The highest BCUT2D eigenvalue weighted by atomic mass is 16.5. The molecule has 0 aliphatic carbocycles. The van der Waals surface area contributed by atoms with E-state index in [0.717, 1.165) is 5.56 Å². The zero-order valence-electron chi connectivity index (χ0n) is 14.5. The number of nitrogens with zero attached hydrogens (tertiary/aromatic N) is 2. The van der Waals surface area contributed by atoms with E-state index in [2.05, 4.69) is 4.98 Å². The van der Waals surface area contributed by atoms with E-state index in [4.69, 9.17) is 14.2 Å². The molecule has 0 atom stereocenters. The molecule has 0 fully saturated rings. The van der Waals surface area contributed by atoms with Gasteiger partial charge in [-0.2, -0.15) is 0 Å². The number of benzene rings is 2. The summed E-state index contributed by atoms with van der Waals surface area (Å²) < 4.78 is 16.9. The lowest BCUT2D eigenvalue weighted by atomic mass is 10.2. The van der Waals surface area contributed by atoms with Crippen LogP contribution in [0.1, 0.15) is 5.56 Å². The number of aromatic nitrogens is 2. The number of para-hydroxylation sites is 1. The number of hydrogen-bond acceptors (Lipinski definition) is 6. The molecule has 0 amide bonds. The van der Waals surface area contributed by atoms with Crippen LogP contribution < -0.4 is 15.0 Å². The van der Waals surface area contributed by atoms with Gasteiger partial charge in [-0.3, -0.25) is 14.2 Å². The Kier molecular flexibility index (Phi) is 5.17. The van der Waals surface area contributed by atoms with E-state index in [1.165, 1.54) is 18.0 Å². The van der Waals surface area contributed by atoms with Gasteiger partial charge in [0.05, 0.1) is 31.4 Å². The molecule has 0 N–H and O–H groups in total. The molecule has 0 bridgehead atoms. The Morgan fingerprint density at radius 3 is 2.62 bits per heavy atom. The maximum Gasteiger partial charge on any atom is 0.326 e. The van der Waals surface area contributed by atoms with Crippen molar-refractivity contribution in [3.8, 4) is 11.5 Å². The van der Waals surface area contributed by atoms with Crippen molar-refractivity contribution in [1.82, 2.24) is 9.55 Å². The van der Waals surface area contributed by atoms with Crippen LogP contribution in [-0.4, -0.2) is 29.7 Å². The molecule has 7 nitrogen and oxygen atoms in total. The van der Waals surface area contributed by atoms with Gasteiger partial charge >= 0.3 is 5.97 Å². The first-order chi connectivity index (χ1) is 12.6. The highest BCUT2D eigenvalue weighted by molar-refractivity contribution is 5.77. The number of carbonyl (C=O) groups excluding carboxylic acids is 1. The van der Waals surface area contributed by atoms with Gasteiger partial charge in [0.25, 0.3) is 5.56 Å². The molecule has 0 saturated heterocycles. The predicted molar refractivity (Wildman–Crippen MR) is 95.3 cm³/mol. The molecule has 26 heavy (non-hydrogen) atoms. The highest BCUT2D eigenvalue weighted by Gasteiger charge is 2.10. The number of esters is 1. The van der Waals surface area contributed by atoms with E-state index in [0.29, 0.717) is 22.4 Å². The van der Waals surface area contributed by atoms with Crippen molar-refractivity contribution in [2.75, 3.05) is 14.2 Å². The summed E-state index contributed by atoms with van der Waals surface area (Å²) in [7, 11) is 3.08. The first-order valence-electron chi connectivity index (χ1n) is 7.93. The minimum Gasteiger partial charge on any atom is -0.493 e. The Labute approximate surface area is 149 Å². The Morgan fingerprint density at radius 2 is 1.85 bits per heavy atom. The first-order valence-corrected chi connectivity index (χ1v) is 7.93.